The Morgan fingerprint density at radius 3 is 2.20 bits per heavy atom. The van der Waals surface area contributed by atoms with E-state index < -0.39 is 11.6 Å². The van der Waals surface area contributed by atoms with Crippen LogP contribution in [0.1, 0.15) is 24.0 Å². The molecule has 1 aliphatic rings. The molecule has 0 aromatic heterocycles. The molecule has 1 fully saturated rings. The maximum atomic E-state index is 12.9. The summed E-state index contributed by atoms with van der Waals surface area (Å²) in [5.74, 6) is -0.248. The maximum absolute atomic E-state index is 12.9. The van der Waals surface area contributed by atoms with E-state index in [2.05, 4.69) is 7.05 Å². The van der Waals surface area contributed by atoms with Crippen molar-refractivity contribution in [2.45, 2.75) is 18.4 Å². The molecule has 0 amide bonds. The van der Waals surface area contributed by atoms with E-state index in [4.69, 9.17) is 4.74 Å². The lowest BCUT2D eigenvalue weighted by Gasteiger charge is -2.30. The molecule has 4 nitrogen and oxygen atoms in total. The van der Waals surface area contributed by atoms with Crippen molar-refractivity contribution in [3.05, 3.63) is 71.8 Å². The largest absolute Gasteiger partial charge is 0.462 e. The van der Waals surface area contributed by atoms with Gasteiger partial charge in [-0.1, -0.05) is 60.7 Å². The van der Waals surface area contributed by atoms with Gasteiger partial charge < -0.3 is 14.7 Å². The Bertz CT molecular complexity index is 647. The quantitative estimate of drug-likeness (QED) is 0.809. The molecule has 2 aromatic carbocycles. The van der Waals surface area contributed by atoms with Crippen LogP contribution < -0.4 is 4.90 Å². The fourth-order valence-electron chi connectivity index (χ4n) is 3.59. The van der Waals surface area contributed by atoms with Crippen molar-refractivity contribution in [3.8, 4) is 0 Å². The normalized spacial score (nSPS) is 20.9. The molecule has 0 saturated carbocycles. The number of nitrogens with one attached hydrogen (secondary N) is 1. The Hall–Kier alpha value is -2.17. The van der Waals surface area contributed by atoms with E-state index >= 15 is 0 Å². The number of hydrogen-bond acceptors (Lipinski definition) is 3. The Morgan fingerprint density at radius 2 is 1.68 bits per heavy atom. The molecule has 0 aliphatic carbocycles. The van der Waals surface area contributed by atoms with Crippen LogP contribution in [0.25, 0.3) is 0 Å². The zero-order valence-corrected chi connectivity index (χ0v) is 14.7. The summed E-state index contributed by atoms with van der Waals surface area (Å²) in [6.07, 6.45) is 2.22. The third-order valence-corrected chi connectivity index (χ3v) is 4.98. The number of esters is 1. The Morgan fingerprint density at radius 1 is 1.12 bits per heavy atom. The lowest BCUT2D eigenvalue weighted by atomic mass is 9.86. The number of benzene rings is 2. The number of ether oxygens (including phenoxy) is 1. The second-order valence-electron chi connectivity index (χ2n) is 6.96. The second-order valence-corrected chi connectivity index (χ2v) is 6.96. The van der Waals surface area contributed by atoms with Gasteiger partial charge in [-0.25, -0.2) is 4.79 Å². The molecule has 3 rings (SSSR count). The molecule has 132 valence electrons. The molecular formula is C21H26NO3+. The SMILES string of the molecule is C[NH+]1CCCC(COC(=O)C(O)(c2ccccc2)c2ccccc2)C1. The predicted molar refractivity (Wildman–Crippen MR) is 96.2 cm³/mol. The lowest BCUT2D eigenvalue weighted by molar-refractivity contribution is -0.888. The molecule has 1 saturated heterocycles. The van der Waals surface area contributed by atoms with Gasteiger partial charge in [-0.15, -0.1) is 0 Å². The number of likely N-dealkylation sites (tertiary alicyclic amines) is 1. The minimum Gasteiger partial charge on any atom is -0.462 e. The van der Waals surface area contributed by atoms with Crippen molar-refractivity contribution in [2.24, 2.45) is 5.92 Å². The summed E-state index contributed by atoms with van der Waals surface area (Å²) in [6.45, 7) is 2.53. The topological polar surface area (TPSA) is 51.0 Å². The minimum atomic E-state index is -1.78. The highest BCUT2D eigenvalue weighted by Gasteiger charge is 2.42. The summed E-state index contributed by atoms with van der Waals surface area (Å²) in [5, 5.41) is 11.3. The van der Waals surface area contributed by atoms with Crippen molar-refractivity contribution >= 4 is 5.97 Å². The first-order chi connectivity index (χ1) is 12.1. The van der Waals surface area contributed by atoms with Gasteiger partial charge in [-0.2, -0.15) is 0 Å². The van der Waals surface area contributed by atoms with Gasteiger partial charge in [0.1, 0.15) is 0 Å². The molecule has 2 atom stereocenters. The van der Waals surface area contributed by atoms with Crippen molar-refractivity contribution in [2.75, 3.05) is 26.7 Å². The van der Waals surface area contributed by atoms with E-state index in [1.54, 1.807) is 24.3 Å². The fraction of sp³-hybridized carbons (Fsp3) is 0.381. The van der Waals surface area contributed by atoms with Crippen LogP contribution in [0.4, 0.5) is 0 Å². The summed E-state index contributed by atoms with van der Waals surface area (Å²) < 4.78 is 5.60. The Kier molecular flexibility index (Phi) is 5.51. The summed E-state index contributed by atoms with van der Waals surface area (Å²) >= 11 is 0. The molecular weight excluding hydrogens is 314 g/mol. The first kappa shape index (κ1) is 17.6. The smallest absolute Gasteiger partial charge is 0.347 e. The fourth-order valence-corrected chi connectivity index (χ4v) is 3.59. The number of piperidine rings is 1. The van der Waals surface area contributed by atoms with E-state index in [-0.39, 0.29) is 0 Å². The molecule has 4 heteroatoms. The number of hydrogen-bond donors (Lipinski definition) is 2. The first-order valence-corrected chi connectivity index (χ1v) is 8.92. The first-order valence-electron chi connectivity index (χ1n) is 8.92. The summed E-state index contributed by atoms with van der Waals surface area (Å²) in [6, 6.07) is 18.0. The molecule has 25 heavy (non-hydrogen) atoms. The number of aliphatic hydroxyl groups is 1. The molecule has 2 unspecified atom stereocenters. The van der Waals surface area contributed by atoms with E-state index in [0.717, 1.165) is 19.4 Å². The summed E-state index contributed by atoms with van der Waals surface area (Å²) in [5.41, 5.74) is -0.731. The molecule has 1 heterocycles. The van der Waals surface area contributed by atoms with E-state index in [9.17, 15) is 9.90 Å². The minimum absolute atomic E-state index is 0.355. The van der Waals surface area contributed by atoms with E-state index in [1.165, 1.54) is 11.4 Å². The average molecular weight is 340 g/mol. The number of carbonyl (C=O) groups is 1. The molecule has 1 aliphatic heterocycles. The zero-order chi connectivity index (χ0) is 17.7. The van der Waals surface area contributed by atoms with Crippen LogP contribution in [-0.2, 0) is 15.1 Å². The standard InChI is InChI=1S/C21H25NO3/c1-22-14-8-9-17(15-22)16-25-20(23)21(24,18-10-4-2-5-11-18)19-12-6-3-7-13-19/h2-7,10-13,17,24H,8-9,14-16H2,1H3/p+1. The Balaban J connectivity index is 1.81. The van der Waals surface area contributed by atoms with Crippen LogP contribution in [0.3, 0.4) is 0 Å². The van der Waals surface area contributed by atoms with Gasteiger partial charge in [0.25, 0.3) is 0 Å². The lowest BCUT2D eigenvalue weighted by Crippen LogP contribution is -3.10. The molecule has 0 bridgehead atoms. The van der Waals surface area contributed by atoms with Gasteiger partial charge >= 0.3 is 5.97 Å². The van der Waals surface area contributed by atoms with Gasteiger partial charge in [-0.3, -0.25) is 0 Å². The monoisotopic (exact) mass is 340 g/mol. The molecule has 2 N–H and O–H groups in total. The third kappa shape index (κ3) is 3.91. The van der Waals surface area contributed by atoms with Crippen molar-refractivity contribution < 1.29 is 19.5 Å². The van der Waals surface area contributed by atoms with Crippen LogP contribution >= 0.6 is 0 Å². The average Bonchev–Trinajstić information content (AvgIpc) is 2.67. The highest BCUT2D eigenvalue weighted by atomic mass is 16.5. The van der Waals surface area contributed by atoms with Crippen LogP contribution in [-0.4, -0.2) is 37.8 Å². The molecule has 0 radical (unpaired) electrons. The Labute approximate surface area is 149 Å². The van der Waals surface area contributed by atoms with Crippen LogP contribution in [0, 0.1) is 5.92 Å². The van der Waals surface area contributed by atoms with Crippen LogP contribution in [0.15, 0.2) is 60.7 Å². The van der Waals surface area contributed by atoms with E-state index in [0.29, 0.717) is 23.7 Å². The molecule has 2 aromatic rings. The summed E-state index contributed by atoms with van der Waals surface area (Å²) in [4.78, 5) is 14.4. The highest BCUT2D eigenvalue weighted by Crippen LogP contribution is 2.31. The van der Waals surface area contributed by atoms with Crippen molar-refractivity contribution in [1.29, 1.82) is 0 Å². The van der Waals surface area contributed by atoms with Crippen LogP contribution in [0.5, 0.6) is 0 Å². The number of rotatable bonds is 5. The van der Waals surface area contributed by atoms with Crippen LogP contribution in [0.2, 0.25) is 0 Å². The summed E-state index contributed by atoms with van der Waals surface area (Å²) in [7, 11) is 2.16. The third-order valence-electron chi connectivity index (χ3n) is 4.98. The number of quaternary nitrogens is 1. The van der Waals surface area contributed by atoms with Gasteiger partial charge in [0.2, 0.25) is 5.60 Å². The van der Waals surface area contributed by atoms with Crippen molar-refractivity contribution in [1.82, 2.24) is 0 Å². The van der Waals surface area contributed by atoms with Crippen molar-refractivity contribution in [3.63, 3.8) is 0 Å². The van der Waals surface area contributed by atoms with Gasteiger partial charge in [0.05, 0.1) is 26.7 Å². The van der Waals surface area contributed by atoms with Gasteiger partial charge in [0, 0.05) is 5.92 Å². The zero-order valence-electron chi connectivity index (χ0n) is 14.7. The highest BCUT2D eigenvalue weighted by molar-refractivity contribution is 5.85. The predicted octanol–water partition coefficient (Wildman–Crippen LogP) is 1.39. The van der Waals surface area contributed by atoms with Gasteiger partial charge in [-0.05, 0) is 24.0 Å². The van der Waals surface area contributed by atoms with Gasteiger partial charge in [0.15, 0.2) is 0 Å². The number of carbonyl (C=O) groups excluding carboxylic acids is 1. The van der Waals surface area contributed by atoms with E-state index in [1.807, 2.05) is 36.4 Å². The maximum Gasteiger partial charge on any atom is 0.347 e. The molecule has 0 spiro atoms. The second kappa shape index (κ2) is 7.81.